The van der Waals surface area contributed by atoms with Crippen LogP contribution in [0.1, 0.15) is 21.9 Å². The van der Waals surface area contributed by atoms with Crippen LogP contribution < -0.4 is 10.9 Å². The molecule has 2 N–H and O–H groups in total. The molecule has 1 aliphatic rings. The Labute approximate surface area is 141 Å². The van der Waals surface area contributed by atoms with Crippen LogP contribution in [0.25, 0.3) is 0 Å². The van der Waals surface area contributed by atoms with Crippen molar-refractivity contribution in [3.8, 4) is 5.75 Å². The number of amides is 2. The van der Waals surface area contributed by atoms with E-state index in [0.717, 1.165) is 4.57 Å². The molecule has 1 aromatic carbocycles. The molecule has 0 radical (unpaired) electrons. The molecule has 3 rings (SSSR count). The molecule has 25 heavy (non-hydrogen) atoms. The van der Waals surface area contributed by atoms with Crippen LogP contribution in [-0.4, -0.2) is 38.4 Å². The molecule has 1 aromatic heterocycles. The molecule has 2 aromatic rings. The summed E-state index contributed by atoms with van der Waals surface area (Å²) >= 11 is 0. The quantitative estimate of drug-likeness (QED) is 0.813. The summed E-state index contributed by atoms with van der Waals surface area (Å²) < 4.78 is 13.9. The smallest absolute Gasteiger partial charge is 0.297 e. The average Bonchev–Trinajstić information content (AvgIpc) is 2.59. The van der Waals surface area contributed by atoms with E-state index in [9.17, 15) is 23.9 Å². The monoisotopic (exact) mass is 346 g/mol. The van der Waals surface area contributed by atoms with E-state index in [1.165, 1.54) is 29.2 Å². The number of carbonyl (C=O) groups is 2. The lowest BCUT2D eigenvalue weighted by atomic mass is 10.2. The number of benzene rings is 1. The van der Waals surface area contributed by atoms with Gasteiger partial charge in [0.2, 0.25) is 11.7 Å². The molecule has 9 heteroatoms. The molecule has 0 spiro atoms. The number of fused-ring (bicyclic) bond motifs is 1. The second kappa shape index (κ2) is 6.34. The van der Waals surface area contributed by atoms with Crippen molar-refractivity contribution in [3.05, 3.63) is 57.5 Å². The van der Waals surface area contributed by atoms with Gasteiger partial charge in [-0.05, 0) is 17.7 Å². The lowest BCUT2D eigenvalue weighted by Gasteiger charge is -2.25. The molecule has 0 unspecified atom stereocenters. The largest absolute Gasteiger partial charge is 0.501 e. The minimum Gasteiger partial charge on any atom is -0.501 e. The summed E-state index contributed by atoms with van der Waals surface area (Å²) in [6.07, 6.45) is 0. The first-order chi connectivity index (χ1) is 11.9. The Hall–Kier alpha value is -3.23. The van der Waals surface area contributed by atoms with Crippen molar-refractivity contribution in [2.75, 3.05) is 7.05 Å². The van der Waals surface area contributed by atoms with Crippen LogP contribution in [0.15, 0.2) is 29.1 Å². The van der Waals surface area contributed by atoms with Crippen LogP contribution >= 0.6 is 0 Å². The number of hydrogen-bond donors (Lipinski definition) is 2. The van der Waals surface area contributed by atoms with Gasteiger partial charge in [-0.25, -0.2) is 9.37 Å². The van der Waals surface area contributed by atoms with Crippen molar-refractivity contribution in [1.29, 1.82) is 0 Å². The zero-order chi connectivity index (χ0) is 18.1. The fourth-order valence-electron chi connectivity index (χ4n) is 2.46. The third-order valence-electron chi connectivity index (χ3n) is 3.90. The van der Waals surface area contributed by atoms with Crippen LogP contribution in [0.2, 0.25) is 0 Å². The van der Waals surface area contributed by atoms with Gasteiger partial charge in [-0.3, -0.25) is 19.0 Å². The number of rotatable bonds is 3. The molecule has 0 aliphatic carbocycles. The van der Waals surface area contributed by atoms with Crippen molar-refractivity contribution in [2.45, 2.75) is 19.6 Å². The SMILES string of the molecule is CN1Cc2nc(C(=O)NCc3ccc(F)cc3)c(O)c(=O)n2CC1=O. The van der Waals surface area contributed by atoms with Gasteiger partial charge in [-0.15, -0.1) is 0 Å². The molecule has 0 bridgehead atoms. The Morgan fingerprint density at radius 1 is 1.28 bits per heavy atom. The predicted octanol–water partition coefficient (Wildman–Crippen LogP) is -0.0100. The minimum atomic E-state index is -0.835. The second-order valence-electron chi connectivity index (χ2n) is 5.68. The molecule has 0 saturated heterocycles. The molecule has 0 atom stereocenters. The Morgan fingerprint density at radius 3 is 2.64 bits per heavy atom. The van der Waals surface area contributed by atoms with Gasteiger partial charge >= 0.3 is 0 Å². The van der Waals surface area contributed by atoms with E-state index < -0.39 is 28.7 Å². The van der Waals surface area contributed by atoms with Crippen molar-refractivity contribution in [1.82, 2.24) is 19.8 Å². The molecule has 130 valence electrons. The molecular weight excluding hydrogens is 331 g/mol. The Morgan fingerprint density at radius 2 is 1.96 bits per heavy atom. The maximum atomic E-state index is 12.9. The van der Waals surface area contributed by atoms with Crippen LogP contribution in [-0.2, 0) is 24.4 Å². The second-order valence-corrected chi connectivity index (χ2v) is 5.68. The minimum absolute atomic E-state index is 0.0621. The van der Waals surface area contributed by atoms with Gasteiger partial charge in [0.25, 0.3) is 11.5 Å². The van der Waals surface area contributed by atoms with Gasteiger partial charge in [-0.2, -0.15) is 0 Å². The maximum absolute atomic E-state index is 12.9. The number of nitrogens with one attached hydrogen (secondary N) is 1. The number of hydrogen-bond acceptors (Lipinski definition) is 5. The van der Waals surface area contributed by atoms with E-state index in [4.69, 9.17) is 0 Å². The number of nitrogens with zero attached hydrogens (tertiary/aromatic N) is 3. The lowest BCUT2D eigenvalue weighted by molar-refractivity contribution is -0.132. The number of carbonyl (C=O) groups excluding carboxylic acids is 2. The van der Waals surface area contributed by atoms with Gasteiger partial charge in [0.05, 0.1) is 6.54 Å². The van der Waals surface area contributed by atoms with E-state index in [2.05, 4.69) is 10.3 Å². The highest BCUT2D eigenvalue weighted by atomic mass is 19.1. The van der Waals surface area contributed by atoms with Crippen molar-refractivity contribution < 1.29 is 19.1 Å². The summed E-state index contributed by atoms with van der Waals surface area (Å²) in [7, 11) is 1.55. The van der Waals surface area contributed by atoms with Crippen LogP contribution in [0.3, 0.4) is 0 Å². The highest BCUT2D eigenvalue weighted by Crippen LogP contribution is 2.14. The van der Waals surface area contributed by atoms with E-state index in [0.29, 0.717) is 5.56 Å². The number of aromatic hydroxyl groups is 1. The molecule has 0 saturated carbocycles. The average molecular weight is 346 g/mol. The topological polar surface area (TPSA) is 105 Å². The molecular formula is C16H15FN4O4. The van der Waals surface area contributed by atoms with Crippen LogP contribution in [0.5, 0.6) is 5.75 Å². The van der Waals surface area contributed by atoms with Gasteiger partial charge in [0.15, 0.2) is 5.69 Å². The Bertz CT molecular complexity index is 908. The van der Waals surface area contributed by atoms with Crippen LogP contribution in [0, 0.1) is 5.82 Å². The molecule has 8 nitrogen and oxygen atoms in total. The summed E-state index contributed by atoms with van der Waals surface area (Å²) in [4.78, 5) is 41.5. The first kappa shape index (κ1) is 16.6. The number of likely N-dealkylation sites (N-methyl/N-ethyl adjacent to an activating group) is 1. The fourth-order valence-corrected chi connectivity index (χ4v) is 2.46. The van der Waals surface area contributed by atoms with Gasteiger partial charge in [0, 0.05) is 13.6 Å². The third-order valence-corrected chi connectivity index (χ3v) is 3.90. The predicted molar refractivity (Wildman–Crippen MR) is 84.2 cm³/mol. The van der Waals surface area contributed by atoms with Crippen LogP contribution in [0.4, 0.5) is 4.39 Å². The summed E-state index contributed by atoms with van der Waals surface area (Å²) in [5, 5.41) is 12.5. The maximum Gasteiger partial charge on any atom is 0.297 e. The zero-order valence-electron chi connectivity index (χ0n) is 13.3. The number of halogens is 1. The number of aromatic nitrogens is 2. The van der Waals surface area contributed by atoms with Crippen molar-refractivity contribution in [2.24, 2.45) is 0 Å². The van der Waals surface area contributed by atoms with Gasteiger partial charge in [-0.1, -0.05) is 12.1 Å². The molecule has 2 amide bonds. The van der Waals surface area contributed by atoms with Crippen molar-refractivity contribution >= 4 is 11.8 Å². The van der Waals surface area contributed by atoms with Gasteiger partial charge < -0.3 is 15.3 Å². The first-order valence-corrected chi connectivity index (χ1v) is 7.46. The Balaban J connectivity index is 1.84. The van der Waals surface area contributed by atoms with Gasteiger partial charge in [0.1, 0.15) is 18.2 Å². The first-order valence-electron chi connectivity index (χ1n) is 7.46. The summed E-state index contributed by atoms with van der Waals surface area (Å²) in [6, 6.07) is 5.53. The van der Waals surface area contributed by atoms with E-state index in [1.807, 2.05) is 0 Å². The lowest BCUT2D eigenvalue weighted by Crippen LogP contribution is -2.43. The standard InChI is InChI=1S/C16H15FN4O4/c1-20-7-11-19-13(14(23)16(25)21(11)8-12(20)22)15(24)18-6-9-2-4-10(17)5-3-9/h2-5,23H,6-8H2,1H3,(H,18,24). The fraction of sp³-hybridized carbons (Fsp3) is 0.250. The highest BCUT2D eigenvalue weighted by Gasteiger charge is 2.27. The van der Waals surface area contributed by atoms with E-state index in [-0.39, 0.29) is 31.4 Å². The summed E-state index contributed by atoms with van der Waals surface area (Å²) in [5.41, 5.74) is -0.589. The molecule has 0 fully saturated rings. The third kappa shape index (κ3) is 3.21. The normalized spacial score (nSPS) is 13.5. The summed E-state index contributed by atoms with van der Waals surface area (Å²) in [5.74, 6) is -2.00. The van der Waals surface area contributed by atoms with E-state index >= 15 is 0 Å². The zero-order valence-corrected chi connectivity index (χ0v) is 13.3. The molecule has 1 aliphatic heterocycles. The van der Waals surface area contributed by atoms with Crippen molar-refractivity contribution in [3.63, 3.8) is 0 Å². The van der Waals surface area contributed by atoms with E-state index in [1.54, 1.807) is 7.05 Å². The Kier molecular flexibility index (Phi) is 4.22. The molecule has 2 heterocycles. The highest BCUT2D eigenvalue weighted by molar-refractivity contribution is 5.94. The summed E-state index contributed by atoms with van der Waals surface area (Å²) in [6.45, 7) is -0.0909.